The first-order valence-electron chi connectivity index (χ1n) is 4.51. The summed E-state index contributed by atoms with van der Waals surface area (Å²) in [5.41, 5.74) is 0. The summed E-state index contributed by atoms with van der Waals surface area (Å²) >= 11 is 1.39. The summed E-state index contributed by atoms with van der Waals surface area (Å²) in [6.07, 6.45) is 5.41. The molecule has 0 spiro atoms. The third-order valence-electron chi connectivity index (χ3n) is 1.76. The number of terminal acetylenes is 1. The molecular weight excluding hydrogens is 210 g/mol. The number of carbonyl (C=O) groups is 2. The van der Waals surface area contributed by atoms with Gasteiger partial charge in [-0.25, -0.2) is 0 Å². The average molecular weight is 221 g/mol. The molecule has 0 unspecified atom stereocenters. The van der Waals surface area contributed by atoms with Crippen molar-refractivity contribution < 1.29 is 9.59 Å². The molecule has 0 aliphatic heterocycles. The molecule has 0 aliphatic rings. The Kier molecular flexibility index (Phi) is 4.58. The summed E-state index contributed by atoms with van der Waals surface area (Å²) in [4.78, 5) is 23.3. The summed E-state index contributed by atoms with van der Waals surface area (Å²) < 4.78 is 0. The van der Waals surface area contributed by atoms with Gasteiger partial charge < -0.3 is 5.32 Å². The highest BCUT2D eigenvalue weighted by Crippen LogP contribution is 2.11. The van der Waals surface area contributed by atoms with Gasteiger partial charge in [0.05, 0.1) is 11.4 Å². The van der Waals surface area contributed by atoms with E-state index in [1.54, 1.807) is 6.07 Å². The third kappa shape index (κ3) is 3.96. The van der Waals surface area contributed by atoms with Crippen LogP contribution in [0, 0.1) is 12.3 Å². The number of carbonyl (C=O) groups excluding carboxylic acids is 2. The molecule has 0 fully saturated rings. The van der Waals surface area contributed by atoms with E-state index in [0.717, 1.165) is 0 Å². The Hall–Kier alpha value is -1.60. The lowest BCUT2D eigenvalue weighted by Gasteiger charge is -1.99. The minimum atomic E-state index is -0.183. The Labute approximate surface area is 92.5 Å². The van der Waals surface area contributed by atoms with Crippen LogP contribution in [-0.2, 0) is 4.79 Å². The molecule has 1 aromatic heterocycles. The largest absolute Gasteiger partial charge is 0.345 e. The quantitative estimate of drug-likeness (QED) is 0.604. The van der Waals surface area contributed by atoms with Gasteiger partial charge in [0.15, 0.2) is 5.78 Å². The zero-order valence-corrected chi connectivity index (χ0v) is 8.97. The standard InChI is InChI=1S/C11H11NO2S/c1-2-7-12-11(14)6-5-9(13)10-4-3-8-15-10/h1,3-4,8H,5-7H2,(H,12,14). The molecule has 1 N–H and O–H groups in total. The van der Waals surface area contributed by atoms with Crippen LogP contribution >= 0.6 is 11.3 Å². The highest BCUT2D eigenvalue weighted by atomic mass is 32.1. The van der Waals surface area contributed by atoms with Crippen molar-refractivity contribution in [2.75, 3.05) is 6.54 Å². The van der Waals surface area contributed by atoms with Crippen LogP contribution in [0.25, 0.3) is 0 Å². The molecule has 0 radical (unpaired) electrons. The summed E-state index contributed by atoms with van der Waals surface area (Å²) in [6.45, 7) is 0.214. The minimum Gasteiger partial charge on any atom is -0.345 e. The summed E-state index contributed by atoms with van der Waals surface area (Å²) in [6, 6.07) is 3.57. The third-order valence-corrected chi connectivity index (χ3v) is 2.67. The highest BCUT2D eigenvalue weighted by molar-refractivity contribution is 7.12. The van der Waals surface area contributed by atoms with Gasteiger partial charge in [0.2, 0.25) is 5.91 Å². The van der Waals surface area contributed by atoms with Gasteiger partial charge in [-0.15, -0.1) is 17.8 Å². The molecule has 0 atom stereocenters. The fourth-order valence-corrected chi connectivity index (χ4v) is 1.72. The number of amides is 1. The van der Waals surface area contributed by atoms with E-state index in [4.69, 9.17) is 6.42 Å². The first-order valence-corrected chi connectivity index (χ1v) is 5.39. The van der Waals surface area contributed by atoms with Crippen molar-refractivity contribution in [3.63, 3.8) is 0 Å². The molecule has 0 bridgehead atoms. The molecule has 1 amide bonds. The maximum atomic E-state index is 11.5. The van der Waals surface area contributed by atoms with E-state index in [0.29, 0.717) is 4.88 Å². The lowest BCUT2D eigenvalue weighted by molar-refractivity contribution is -0.120. The van der Waals surface area contributed by atoms with Gasteiger partial charge in [0.25, 0.3) is 0 Å². The fraction of sp³-hybridized carbons (Fsp3) is 0.273. The predicted octanol–water partition coefficient (Wildman–Crippen LogP) is 1.46. The van der Waals surface area contributed by atoms with Crippen LogP contribution in [0.1, 0.15) is 22.5 Å². The second-order valence-electron chi connectivity index (χ2n) is 2.88. The monoisotopic (exact) mass is 221 g/mol. The normalized spacial score (nSPS) is 9.27. The molecule has 1 rings (SSSR count). The van der Waals surface area contributed by atoms with Crippen molar-refractivity contribution in [3.05, 3.63) is 22.4 Å². The van der Waals surface area contributed by atoms with Crippen molar-refractivity contribution in [2.45, 2.75) is 12.8 Å². The average Bonchev–Trinajstić information content (AvgIpc) is 2.76. The first-order chi connectivity index (χ1) is 7.24. The van der Waals surface area contributed by atoms with Crippen LogP contribution in [0.15, 0.2) is 17.5 Å². The molecule has 1 heterocycles. The zero-order valence-electron chi connectivity index (χ0n) is 8.16. The zero-order chi connectivity index (χ0) is 11.1. The van der Waals surface area contributed by atoms with E-state index in [1.807, 2.05) is 11.4 Å². The van der Waals surface area contributed by atoms with Crippen molar-refractivity contribution in [2.24, 2.45) is 0 Å². The molecule has 4 heteroatoms. The number of hydrogen-bond acceptors (Lipinski definition) is 3. The molecule has 1 aromatic rings. The number of Topliss-reactive ketones (excluding diaryl/α,β-unsaturated/α-hetero) is 1. The summed E-state index contributed by atoms with van der Waals surface area (Å²) in [5, 5.41) is 4.35. The molecule has 3 nitrogen and oxygen atoms in total. The van der Waals surface area contributed by atoms with Gasteiger partial charge >= 0.3 is 0 Å². The van der Waals surface area contributed by atoms with Gasteiger partial charge in [-0.3, -0.25) is 9.59 Å². The van der Waals surface area contributed by atoms with E-state index >= 15 is 0 Å². The van der Waals surface area contributed by atoms with Crippen LogP contribution in [-0.4, -0.2) is 18.2 Å². The molecule has 0 saturated carbocycles. The van der Waals surface area contributed by atoms with Gasteiger partial charge in [-0.05, 0) is 11.4 Å². The van der Waals surface area contributed by atoms with Crippen molar-refractivity contribution in [1.29, 1.82) is 0 Å². The molecule has 0 aliphatic carbocycles. The number of thiophene rings is 1. The van der Waals surface area contributed by atoms with E-state index in [2.05, 4.69) is 11.2 Å². The van der Waals surface area contributed by atoms with Crippen molar-refractivity contribution in [3.8, 4) is 12.3 Å². The second-order valence-corrected chi connectivity index (χ2v) is 3.83. The molecule has 0 aromatic carbocycles. The SMILES string of the molecule is C#CCNC(=O)CCC(=O)c1cccs1. The van der Waals surface area contributed by atoms with Crippen molar-refractivity contribution in [1.82, 2.24) is 5.32 Å². The maximum absolute atomic E-state index is 11.5. The fourth-order valence-electron chi connectivity index (χ4n) is 1.03. The number of ketones is 1. The topological polar surface area (TPSA) is 46.2 Å². The Balaban J connectivity index is 2.29. The number of rotatable bonds is 5. The maximum Gasteiger partial charge on any atom is 0.221 e. The second kappa shape index (κ2) is 5.99. The Morgan fingerprint density at radius 1 is 1.47 bits per heavy atom. The number of hydrogen-bond donors (Lipinski definition) is 1. The van der Waals surface area contributed by atoms with Gasteiger partial charge in [0, 0.05) is 12.8 Å². The minimum absolute atomic E-state index is 0.000794. The van der Waals surface area contributed by atoms with Crippen LogP contribution in [0.5, 0.6) is 0 Å². The van der Waals surface area contributed by atoms with E-state index in [9.17, 15) is 9.59 Å². The van der Waals surface area contributed by atoms with E-state index in [-0.39, 0.29) is 31.1 Å². The summed E-state index contributed by atoms with van der Waals surface area (Å²) in [5.74, 6) is 2.12. The molecular formula is C11H11NO2S. The lowest BCUT2D eigenvalue weighted by atomic mass is 10.2. The lowest BCUT2D eigenvalue weighted by Crippen LogP contribution is -2.23. The van der Waals surface area contributed by atoms with Gasteiger partial charge in [0.1, 0.15) is 0 Å². The Morgan fingerprint density at radius 3 is 2.87 bits per heavy atom. The molecule has 78 valence electrons. The molecule has 0 saturated heterocycles. The Bertz CT molecular complexity index is 376. The smallest absolute Gasteiger partial charge is 0.221 e. The Morgan fingerprint density at radius 2 is 2.27 bits per heavy atom. The molecule has 15 heavy (non-hydrogen) atoms. The van der Waals surface area contributed by atoms with Crippen molar-refractivity contribution >= 4 is 23.0 Å². The van der Waals surface area contributed by atoms with Crippen LogP contribution in [0.4, 0.5) is 0 Å². The van der Waals surface area contributed by atoms with Crippen LogP contribution < -0.4 is 5.32 Å². The first kappa shape index (κ1) is 11.5. The summed E-state index contributed by atoms with van der Waals surface area (Å²) in [7, 11) is 0. The van der Waals surface area contributed by atoms with Gasteiger partial charge in [-0.2, -0.15) is 0 Å². The highest BCUT2D eigenvalue weighted by Gasteiger charge is 2.09. The van der Waals surface area contributed by atoms with E-state index < -0.39 is 0 Å². The number of nitrogens with one attached hydrogen (secondary N) is 1. The van der Waals surface area contributed by atoms with E-state index in [1.165, 1.54) is 11.3 Å². The van der Waals surface area contributed by atoms with Crippen LogP contribution in [0.3, 0.4) is 0 Å². The predicted molar refractivity (Wildman–Crippen MR) is 59.7 cm³/mol. The van der Waals surface area contributed by atoms with Crippen LogP contribution in [0.2, 0.25) is 0 Å². The van der Waals surface area contributed by atoms with Gasteiger partial charge in [-0.1, -0.05) is 12.0 Å².